The Bertz CT molecular complexity index is 445. The number of piperidine rings is 1. The number of hydrogen-bond donors (Lipinski definition) is 0. The van der Waals surface area contributed by atoms with Gasteiger partial charge >= 0.3 is 0 Å². The van der Waals surface area contributed by atoms with Crippen LogP contribution in [-0.4, -0.2) is 29.7 Å². The predicted octanol–water partition coefficient (Wildman–Crippen LogP) is 2.02. The van der Waals surface area contributed by atoms with Crippen LogP contribution in [0.25, 0.3) is 0 Å². The first-order valence-electron chi connectivity index (χ1n) is 5.74. The van der Waals surface area contributed by atoms with Crippen LogP contribution in [0.1, 0.15) is 29.6 Å². The Morgan fingerprint density at radius 1 is 1.29 bits per heavy atom. The molecule has 0 aliphatic carbocycles. The lowest BCUT2D eigenvalue weighted by Gasteiger charge is -2.25. The highest BCUT2D eigenvalue weighted by molar-refractivity contribution is 5.99. The van der Waals surface area contributed by atoms with E-state index in [0.717, 1.165) is 12.8 Å². The number of nitrogens with zero attached hydrogens (tertiary/aromatic N) is 1. The lowest BCUT2D eigenvalue weighted by molar-refractivity contribution is -0.132. The second-order valence-electron chi connectivity index (χ2n) is 4.18. The fraction of sp³-hybridized carbons (Fsp3) is 0.385. The Kier molecular flexibility index (Phi) is 3.52. The monoisotopic (exact) mass is 235 g/mol. The number of carbonyl (C=O) groups is 2. The van der Waals surface area contributed by atoms with Crippen molar-refractivity contribution in [2.45, 2.75) is 19.3 Å². The maximum Gasteiger partial charge on any atom is 0.222 e. The number of rotatable bonds is 3. The third kappa shape index (κ3) is 2.70. The van der Waals surface area contributed by atoms with Gasteiger partial charge in [0, 0.05) is 13.0 Å². The number of benzene rings is 1. The average Bonchev–Trinajstić information content (AvgIpc) is 2.32. The van der Waals surface area contributed by atoms with E-state index in [0.29, 0.717) is 13.0 Å². The minimum atomic E-state index is -0.526. The molecule has 1 aliphatic heterocycles. The summed E-state index contributed by atoms with van der Waals surface area (Å²) in [7, 11) is 0. The largest absolute Gasteiger partial charge is 0.335 e. The van der Waals surface area contributed by atoms with Gasteiger partial charge in [-0.2, -0.15) is 0 Å². The first-order valence-corrected chi connectivity index (χ1v) is 5.74. The first-order chi connectivity index (χ1) is 8.18. The van der Waals surface area contributed by atoms with Gasteiger partial charge in [0.1, 0.15) is 5.82 Å². The number of carbonyl (C=O) groups excluding carboxylic acids is 2. The zero-order valence-corrected chi connectivity index (χ0v) is 9.49. The van der Waals surface area contributed by atoms with Crippen LogP contribution >= 0.6 is 0 Å². The zero-order chi connectivity index (χ0) is 12.3. The standard InChI is InChI=1S/C13H14FNO2/c14-11-6-2-1-5-10(11)12(16)9-15-8-4-3-7-13(15)17/h1-2,5-6H,3-4,7-9H2. The molecule has 17 heavy (non-hydrogen) atoms. The Morgan fingerprint density at radius 3 is 2.76 bits per heavy atom. The van der Waals surface area contributed by atoms with E-state index in [2.05, 4.69) is 0 Å². The van der Waals surface area contributed by atoms with Crippen molar-refractivity contribution in [2.75, 3.05) is 13.1 Å². The summed E-state index contributed by atoms with van der Waals surface area (Å²) in [6.45, 7) is 0.582. The van der Waals surface area contributed by atoms with E-state index in [1.807, 2.05) is 0 Å². The molecule has 0 unspecified atom stereocenters. The van der Waals surface area contributed by atoms with Gasteiger partial charge in [-0.1, -0.05) is 12.1 Å². The molecule has 1 fully saturated rings. The molecule has 1 saturated heterocycles. The van der Waals surface area contributed by atoms with Crippen molar-refractivity contribution in [1.82, 2.24) is 4.90 Å². The topological polar surface area (TPSA) is 37.4 Å². The van der Waals surface area contributed by atoms with Gasteiger partial charge in [-0.05, 0) is 25.0 Å². The first kappa shape index (κ1) is 11.8. The van der Waals surface area contributed by atoms with Crippen molar-refractivity contribution in [3.05, 3.63) is 35.6 Å². The summed E-state index contributed by atoms with van der Waals surface area (Å²) >= 11 is 0. The minimum absolute atomic E-state index is 0.0130. The highest BCUT2D eigenvalue weighted by Gasteiger charge is 2.22. The molecule has 0 N–H and O–H groups in total. The van der Waals surface area contributed by atoms with Crippen LogP contribution in [0.4, 0.5) is 4.39 Å². The van der Waals surface area contributed by atoms with Crippen molar-refractivity contribution in [1.29, 1.82) is 0 Å². The average molecular weight is 235 g/mol. The van der Waals surface area contributed by atoms with Crippen LogP contribution in [0.5, 0.6) is 0 Å². The Labute approximate surface area is 99.2 Å². The number of Topliss-reactive ketones (excluding diaryl/α,β-unsaturated/α-hetero) is 1. The van der Waals surface area contributed by atoms with Crippen LogP contribution < -0.4 is 0 Å². The molecule has 1 aromatic rings. The van der Waals surface area contributed by atoms with Crippen LogP contribution in [0.2, 0.25) is 0 Å². The Balaban J connectivity index is 2.06. The zero-order valence-electron chi connectivity index (χ0n) is 9.49. The molecule has 0 aromatic heterocycles. The number of halogens is 1. The van der Waals surface area contributed by atoms with Gasteiger partial charge in [0.05, 0.1) is 12.1 Å². The van der Waals surface area contributed by atoms with Gasteiger partial charge in [-0.3, -0.25) is 9.59 Å². The van der Waals surface area contributed by atoms with Crippen molar-refractivity contribution < 1.29 is 14.0 Å². The van der Waals surface area contributed by atoms with Crippen molar-refractivity contribution >= 4 is 11.7 Å². The fourth-order valence-electron chi connectivity index (χ4n) is 1.97. The molecular formula is C13H14FNO2. The quantitative estimate of drug-likeness (QED) is 0.752. The smallest absolute Gasteiger partial charge is 0.222 e. The van der Waals surface area contributed by atoms with Crippen LogP contribution in [-0.2, 0) is 4.79 Å². The predicted molar refractivity (Wildman–Crippen MR) is 61.2 cm³/mol. The number of hydrogen-bond acceptors (Lipinski definition) is 2. The summed E-state index contributed by atoms with van der Waals surface area (Å²) in [5, 5.41) is 0. The molecule has 0 saturated carbocycles. The Morgan fingerprint density at radius 2 is 2.06 bits per heavy atom. The highest BCUT2D eigenvalue weighted by Crippen LogP contribution is 2.13. The van der Waals surface area contributed by atoms with Crippen LogP contribution in [0.15, 0.2) is 24.3 Å². The molecule has 2 rings (SSSR count). The van der Waals surface area contributed by atoms with Gasteiger partial charge in [-0.15, -0.1) is 0 Å². The summed E-state index contributed by atoms with van der Waals surface area (Å²) in [6.07, 6.45) is 2.28. The summed E-state index contributed by atoms with van der Waals surface area (Å²) in [4.78, 5) is 24.9. The van der Waals surface area contributed by atoms with Gasteiger partial charge in [-0.25, -0.2) is 4.39 Å². The normalized spacial score (nSPS) is 16.1. The third-order valence-corrected chi connectivity index (χ3v) is 2.93. The van der Waals surface area contributed by atoms with E-state index in [9.17, 15) is 14.0 Å². The van der Waals surface area contributed by atoms with E-state index >= 15 is 0 Å². The second-order valence-corrected chi connectivity index (χ2v) is 4.18. The summed E-state index contributed by atoms with van der Waals surface area (Å²) < 4.78 is 13.4. The summed E-state index contributed by atoms with van der Waals surface area (Å²) in [6, 6.07) is 5.86. The molecule has 1 amide bonds. The molecule has 1 aromatic carbocycles. The summed E-state index contributed by atoms with van der Waals surface area (Å²) in [5.41, 5.74) is 0.0610. The number of amides is 1. The van der Waals surface area contributed by atoms with Gasteiger partial charge < -0.3 is 4.90 Å². The number of ketones is 1. The minimum Gasteiger partial charge on any atom is -0.335 e. The highest BCUT2D eigenvalue weighted by atomic mass is 19.1. The molecule has 90 valence electrons. The maximum absolute atomic E-state index is 13.4. The van der Waals surface area contributed by atoms with E-state index in [-0.39, 0.29) is 23.8 Å². The maximum atomic E-state index is 13.4. The molecular weight excluding hydrogens is 221 g/mol. The Hall–Kier alpha value is -1.71. The molecule has 4 heteroatoms. The van der Waals surface area contributed by atoms with E-state index in [1.54, 1.807) is 6.07 Å². The molecule has 3 nitrogen and oxygen atoms in total. The summed E-state index contributed by atoms with van der Waals surface area (Å²) in [5.74, 6) is -0.874. The molecule has 1 heterocycles. The molecule has 0 bridgehead atoms. The van der Waals surface area contributed by atoms with Gasteiger partial charge in [0.25, 0.3) is 0 Å². The molecule has 0 atom stereocenters. The molecule has 0 spiro atoms. The van der Waals surface area contributed by atoms with E-state index < -0.39 is 5.82 Å². The van der Waals surface area contributed by atoms with Crippen molar-refractivity contribution in [3.63, 3.8) is 0 Å². The fourth-order valence-corrected chi connectivity index (χ4v) is 1.97. The lowest BCUT2D eigenvalue weighted by atomic mass is 10.1. The molecule has 1 aliphatic rings. The van der Waals surface area contributed by atoms with Crippen molar-refractivity contribution in [2.24, 2.45) is 0 Å². The SMILES string of the molecule is O=C(CN1CCCCC1=O)c1ccccc1F. The van der Waals surface area contributed by atoms with Gasteiger partial charge in [0.15, 0.2) is 5.78 Å². The van der Waals surface area contributed by atoms with Crippen LogP contribution in [0.3, 0.4) is 0 Å². The third-order valence-electron chi connectivity index (χ3n) is 2.93. The lowest BCUT2D eigenvalue weighted by Crippen LogP contribution is -2.39. The second kappa shape index (κ2) is 5.08. The van der Waals surface area contributed by atoms with Gasteiger partial charge in [0.2, 0.25) is 5.91 Å². The van der Waals surface area contributed by atoms with E-state index in [4.69, 9.17) is 0 Å². The van der Waals surface area contributed by atoms with Crippen LogP contribution in [0, 0.1) is 5.82 Å². The van der Waals surface area contributed by atoms with Crippen molar-refractivity contribution in [3.8, 4) is 0 Å². The van der Waals surface area contributed by atoms with E-state index in [1.165, 1.54) is 23.1 Å². The molecule has 0 radical (unpaired) electrons. The number of likely N-dealkylation sites (tertiary alicyclic amines) is 1.